The Morgan fingerprint density at radius 1 is 1.00 bits per heavy atom. The van der Waals surface area contributed by atoms with Crippen LogP contribution in [0.4, 0.5) is 0 Å². The van der Waals surface area contributed by atoms with Crippen LogP contribution in [0.15, 0.2) is 12.7 Å². The topological polar surface area (TPSA) is 21.7 Å². The maximum absolute atomic E-state index is 5.76. The Hall–Kier alpha value is -0.380. The molecule has 0 radical (unpaired) electrons. The van der Waals surface area contributed by atoms with E-state index in [-0.39, 0.29) is 17.2 Å². The second kappa shape index (κ2) is 9.80. The summed E-state index contributed by atoms with van der Waals surface area (Å²) in [5.41, 5.74) is 0.203. The van der Waals surface area contributed by atoms with E-state index in [4.69, 9.17) is 9.78 Å². The van der Waals surface area contributed by atoms with E-state index in [0.29, 0.717) is 0 Å². The van der Waals surface area contributed by atoms with Gasteiger partial charge >= 0.3 is 0 Å². The average Bonchev–Trinajstić information content (AvgIpc) is 2.45. The fourth-order valence-electron chi connectivity index (χ4n) is 4.00. The number of likely N-dealkylation sites (tertiary alicyclic amines) is 1. The van der Waals surface area contributed by atoms with Crippen LogP contribution in [0.25, 0.3) is 0 Å². The minimum absolute atomic E-state index is 0.101. The van der Waals surface area contributed by atoms with Crippen molar-refractivity contribution < 1.29 is 9.78 Å². The summed E-state index contributed by atoms with van der Waals surface area (Å²) in [5, 5.41) is 0. The van der Waals surface area contributed by atoms with Crippen molar-refractivity contribution in [1.82, 2.24) is 4.90 Å². The molecule has 1 rings (SSSR count). The Morgan fingerprint density at radius 2 is 1.57 bits per heavy atom. The van der Waals surface area contributed by atoms with E-state index >= 15 is 0 Å². The second-order valence-corrected chi connectivity index (χ2v) is 8.24. The van der Waals surface area contributed by atoms with Gasteiger partial charge in [-0.15, -0.1) is 6.58 Å². The SMILES string of the molecule is C=CCN1C(C)(C)CC(OOCCCCCCCC)CC1(C)C. The van der Waals surface area contributed by atoms with Crippen LogP contribution < -0.4 is 0 Å². The quantitative estimate of drug-likeness (QED) is 0.217. The number of unbranched alkanes of at least 4 members (excludes halogenated alkanes) is 5. The van der Waals surface area contributed by atoms with E-state index in [1.165, 1.54) is 32.1 Å². The predicted octanol–water partition coefficient (Wildman–Crippen LogP) is 5.50. The molecule has 1 heterocycles. The summed E-state index contributed by atoms with van der Waals surface area (Å²) in [6, 6.07) is 0. The smallest absolute Gasteiger partial charge is 0.0964 e. The van der Waals surface area contributed by atoms with E-state index in [1.54, 1.807) is 0 Å². The van der Waals surface area contributed by atoms with E-state index in [9.17, 15) is 0 Å². The molecule has 1 aliphatic heterocycles. The molecule has 0 aromatic carbocycles. The summed E-state index contributed by atoms with van der Waals surface area (Å²) in [4.78, 5) is 13.8. The Morgan fingerprint density at radius 3 is 2.13 bits per heavy atom. The van der Waals surface area contributed by atoms with Crippen molar-refractivity contribution in [3.8, 4) is 0 Å². The summed E-state index contributed by atoms with van der Waals surface area (Å²) >= 11 is 0. The van der Waals surface area contributed by atoms with Crippen molar-refractivity contribution in [2.24, 2.45) is 0 Å². The molecule has 0 spiro atoms. The fraction of sp³-hybridized carbons (Fsp3) is 0.900. The molecule has 1 aliphatic rings. The molecule has 136 valence electrons. The normalized spacial score (nSPS) is 21.4. The lowest BCUT2D eigenvalue weighted by Gasteiger charge is -2.54. The van der Waals surface area contributed by atoms with Crippen LogP contribution >= 0.6 is 0 Å². The van der Waals surface area contributed by atoms with Gasteiger partial charge in [-0.05, 0) is 47.0 Å². The van der Waals surface area contributed by atoms with Gasteiger partial charge in [-0.25, -0.2) is 9.78 Å². The molecule has 1 fully saturated rings. The lowest BCUT2D eigenvalue weighted by Crippen LogP contribution is -2.62. The molecular formula is C20H39NO2. The van der Waals surface area contributed by atoms with Crippen molar-refractivity contribution in [1.29, 1.82) is 0 Å². The molecule has 0 N–H and O–H groups in total. The maximum Gasteiger partial charge on any atom is 0.0964 e. The Labute approximate surface area is 144 Å². The molecule has 23 heavy (non-hydrogen) atoms. The average molecular weight is 326 g/mol. The summed E-state index contributed by atoms with van der Waals surface area (Å²) in [7, 11) is 0. The van der Waals surface area contributed by atoms with Gasteiger partial charge in [0.05, 0.1) is 12.7 Å². The van der Waals surface area contributed by atoms with Gasteiger partial charge in [0.15, 0.2) is 0 Å². The van der Waals surface area contributed by atoms with Crippen molar-refractivity contribution in [3.63, 3.8) is 0 Å². The van der Waals surface area contributed by atoms with Crippen LogP contribution in [-0.4, -0.2) is 35.2 Å². The lowest BCUT2D eigenvalue weighted by atomic mass is 9.78. The minimum atomic E-state index is 0.101. The van der Waals surface area contributed by atoms with E-state index < -0.39 is 0 Å². The van der Waals surface area contributed by atoms with Gasteiger partial charge in [-0.1, -0.05) is 45.1 Å². The third kappa shape index (κ3) is 6.94. The van der Waals surface area contributed by atoms with Crippen molar-refractivity contribution in [2.45, 2.75) is 103 Å². The fourth-order valence-corrected chi connectivity index (χ4v) is 4.00. The zero-order chi connectivity index (χ0) is 17.3. The van der Waals surface area contributed by atoms with Gasteiger partial charge in [0.1, 0.15) is 0 Å². The first-order valence-electron chi connectivity index (χ1n) is 9.50. The standard InChI is InChI=1S/C20H39NO2/c1-7-9-10-11-12-13-15-22-23-18-16-19(3,4)21(14-8-2)20(5,6)17-18/h8,18H,2,7,9-17H2,1,3-6H3. The summed E-state index contributed by atoms with van der Waals surface area (Å²) in [6.07, 6.45) is 11.9. The van der Waals surface area contributed by atoms with Crippen LogP contribution in [0.2, 0.25) is 0 Å². The first-order valence-corrected chi connectivity index (χ1v) is 9.50. The zero-order valence-electron chi connectivity index (χ0n) is 16.2. The second-order valence-electron chi connectivity index (χ2n) is 8.24. The highest BCUT2D eigenvalue weighted by molar-refractivity contribution is 5.02. The highest BCUT2D eigenvalue weighted by atomic mass is 17.2. The molecule has 3 nitrogen and oxygen atoms in total. The molecule has 0 bridgehead atoms. The maximum atomic E-state index is 5.76. The number of piperidine rings is 1. The number of hydrogen-bond acceptors (Lipinski definition) is 3. The highest BCUT2D eigenvalue weighted by Gasteiger charge is 2.45. The van der Waals surface area contributed by atoms with Gasteiger partial charge in [0, 0.05) is 17.6 Å². The number of hydrogen-bond donors (Lipinski definition) is 0. The minimum Gasteiger partial charge on any atom is -0.289 e. The highest BCUT2D eigenvalue weighted by Crippen LogP contribution is 2.39. The first-order chi connectivity index (χ1) is 10.8. The van der Waals surface area contributed by atoms with Gasteiger partial charge in [0.2, 0.25) is 0 Å². The summed E-state index contributed by atoms with van der Waals surface area (Å²) < 4.78 is 0. The van der Waals surface area contributed by atoms with E-state index in [0.717, 1.165) is 32.4 Å². The Balaban J connectivity index is 2.29. The molecule has 1 saturated heterocycles. The molecule has 0 saturated carbocycles. The van der Waals surface area contributed by atoms with Gasteiger partial charge in [-0.2, -0.15) is 0 Å². The monoisotopic (exact) mass is 325 g/mol. The molecule has 0 aromatic rings. The largest absolute Gasteiger partial charge is 0.289 e. The molecular weight excluding hydrogens is 286 g/mol. The van der Waals surface area contributed by atoms with Crippen LogP contribution in [-0.2, 0) is 9.78 Å². The Kier molecular flexibility index (Phi) is 8.81. The third-order valence-electron chi connectivity index (χ3n) is 5.01. The zero-order valence-corrected chi connectivity index (χ0v) is 16.2. The van der Waals surface area contributed by atoms with E-state index in [2.05, 4.69) is 46.1 Å². The molecule has 0 aliphatic carbocycles. The van der Waals surface area contributed by atoms with Gasteiger partial charge in [-0.3, -0.25) is 4.90 Å². The van der Waals surface area contributed by atoms with Gasteiger partial charge in [0.25, 0.3) is 0 Å². The molecule has 0 atom stereocenters. The molecule has 0 amide bonds. The van der Waals surface area contributed by atoms with E-state index in [1.807, 2.05) is 6.08 Å². The Bertz CT molecular complexity index is 321. The third-order valence-corrected chi connectivity index (χ3v) is 5.01. The molecule has 0 aromatic heterocycles. The predicted molar refractivity (Wildman–Crippen MR) is 98.5 cm³/mol. The first kappa shape index (κ1) is 20.7. The van der Waals surface area contributed by atoms with Gasteiger partial charge < -0.3 is 0 Å². The van der Waals surface area contributed by atoms with Crippen LogP contribution in [0.3, 0.4) is 0 Å². The number of nitrogens with zero attached hydrogens (tertiary/aromatic N) is 1. The number of rotatable bonds is 11. The van der Waals surface area contributed by atoms with Crippen LogP contribution in [0, 0.1) is 0 Å². The lowest BCUT2D eigenvalue weighted by molar-refractivity contribution is -0.340. The molecule has 3 heteroatoms. The molecule has 0 unspecified atom stereocenters. The van der Waals surface area contributed by atoms with Crippen molar-refractivity contribution >= 4 is 0 Å². The summed E-state index contributed by atoms with van der Waals surface area (Å²) in [6.45, 7) is 17.0. The van der Waals surface area contributed by atoms with Crippen molar-refractivity contribution in [3.05, 3.63) is 12.7 Å². The van der Waals surface area contributed by atoms with Crippen LogP contribution in [0.5, 0.6) is 0 Å². The summed E-state index contributed by atoms with van der Waals surface area (Å²) in [5.74, 6) is 0. The van der Waals surface area contributed by atoms with Crippen molar-refractivity contribution in [2.75, 3.05) is 13.2 Å². The van der Waals surface area contributed by atoms with Crippen LogP contribution in [0.1, 0.15) is 86.0 Å².